The number of ether oxygens (including phenoxy) is 1. The van der Waals surface area contributed by atoms with Crippen molar-refractivity contribution in [2.75, 3.05) is 20.2 Å². The quantitative estimate of drug-likeness (QED) is 0.814. The van der Waals surface area contributed by atoms with E-state index in [4.69, 9.17) is 4.74 Å². The number of carbonyl (C=O) groups excluding carboxylic acids is 1. The molecule has 1 atom stereocenters. The average Bonchev–Trinajstić information content (AvgIpc) is 3.23. The molecule has 1 aromatic heterocycles. The number of likely N-dealkylation sites (tertiary alicyclic amines) is 1. The van der Waals surface area contributed by atoms with Gasteiger partial charge in [-0.1, -0.05) is 23.4 Å². The van der Waals surface area contributed by atoms with E-state index < -0.39 is 11.7 Å². The Kier molecular flexibility index (Phi) is 5.26. The highest BCUT2D eigenvalue weighted by Crippen LogP contribution is 2.30. The summed E-state index contributed by atoms with van der Waals surface area (Å²) in [5.74, 6) is -0.191. The maximum atomic E-state index is 12.8. The first kappa shape index (κ1) is 18.4. The lowest BCUT2D eigenvalue weighted by Crippen LogP contribution is -2.30. The molecule has 1 fully saturated rings. The van der Waals surface area contributed by atoms with E-state index in [9.17, 15) is 18.0 Å². The summed E-state index contributed by atoms with van der Waals surface area (Å²) in [6.45, 7) is 1.38. The molecule has 1 unspecified atom stereocenters. The van der Waals surface area contributed by atoms with Crippen LogP contribution in [0.1, 0.15) is 29.3 Å². The van der Waals surface area contributed by atoms with Crippen molar-refractivity contribution < 1.29 is 22.7 Å². The molecule has 0 bridgehead atoms. The van der Waals surface area contributed by atoms with Gasteiger partial charge >= 0.3 is 6.18 Å². The Labute approximate surface area is 148 Å². The zero-order valence-corrected chi connectivity index (χ0v) is 14.2. The van der Waals surface area contributed by atoms with Crippen molar-refractivity contribution >= 4 is 5.91 Å². The molecule has 0 N–H and O–H groups in total. The molecule has 9 heteroatoms. The maximum absolute atomic E-state index is 12.8. The van der Waals surface area contributed by atoms with E-state index in [1.165, 1.54) is 12.1 Å². The van der Waals surface area contributed by atoms with E-state index >= 15 is 0 Å². The lowest BCUT2D eigenvalue weighted by atomic mass is 10.1. The van der Waals surface area contributed by atoms with Crippen molar-refractivity contribution in [2.45, 2.75) is 31.7 Å². The molecule has 1 saturated heterocycles. The van der Waals surface area contributed by atoms with E-state index in [2.05, 4.69) is 10.3 Å². The molecule has 0 aliphatic carbocycles. The maximum Gasteiger partial charge on any atom is 0.416 e. The summed E-state index contributed by atoms with van der Waals surface area (Å²) in [5, 5.41) is 8.06. The Hall–Kier alpha value is -2.42. The van der Waals surface area contributed by atoms with Crippen LogP contribution < -0.4 is 0 Å². The zero-order valence-electron chi connectivity index (χ0n) is 14.2. The standard InChI is InChI=1S/C17H19F3N4O2/c1-26-11-14-9-24(22-21-14)15-5-6-23(10-15)16(25)8-12-3-2-4-13(7-12)17(18,19)20/h2-4,7,9,15H,5-6,8,10-11H2,1H3. The Morgan fingerprint density at radius 1 is 1.38 bits per heavy atom. The third-order valence-electron chi connectivity index (χ3n) is 4.35. The first-order valence-electron chi connectivity index (χ1n) is 8.20. The fourth-order valence-electron chi connectivity index (χ4n) is 3.03. The number of amides is 1. The van der Waals surface area contributed by atoms with Crippen LogP contribution in [0.25, 0.3) is 0 Å². The molecule has 26 heavy (non-hydrogen) atoms. The molecule has 6 nitrogen and oxygen atoms in total. The summed E-state index contributed by atoms with van der Waals surface area (Å²) in [7, 11) is 1.57. The Bertz CT molecular complexity index is 775. The summed E-state index contributed by atoms with van der Waals surface area (Å²) < 4.78 is 45.1. The molecule has 3 rings (SSSR count). The molecular formula is C17H19F3N4O2. The molecule has 1 aliphatic rings. The van der Waals surface area contributed by atoms with Crippen molar-refractivity contribution in [2.24, 2.45) is 0 Å². The fraction of sp³-hybridized carbons (Fsp3) is 0.471. The number of hydrogen-bond acceptors (Lipinski definition) is 4. The van der Waals surface area contributed by atoms with Crippen LogP contribution in [0, 0.1) is 0 Å². The predicted octanol–water partition coefficient (Wildman–Crippen LogP) is 2.46. The normalized spacial score (nSPS) is 17.7. The molecule has 2 aromatic rings. The van der Waals surface area contributed by atoms with Crippen molar-refractivity contribution in [3.05, 3.63) is 47.3 Å². The van der Waals surface area contributed by atoms with Gasteiger partial charge < -0.3 is 9.64 Å². The van der Waals surface area contributed by atoms with Crippen molar-refractivity contribution in [3.63, 3.8) is 0 Å². The molecular weight excluding hydrogens is 349 g/mol. The summed E-state index contributed by atoms with van der Waals surface area (Å²) in [6, 6.07) is 4.90. The lowest BCUT2D eigenvalue weighted by Gasteiger charge is -2.17. The molecule has 1 amide bonds. The van der Waals surface area contributed by atoms with Crippen LogP contribution in [0.3, 0.4) is 0 Å². The minimum Gasteiger partial charge on any atom is -0.378 e. The highest BCUT2D eigenvalue weighted by molar-refractivity contribution is 5.79. The van der Waals surface area contributed by atoms with Gasteiger partial charge in [-0.3, -0.25) is 4.79 Å². The number of nitrogens with zero attached hydrogens (tertiary/aromatic N) is 4. The average molecular weight is 368 g/mol. The van der Waals surface area contributed by atoms with Crippen LogP contribution in [0.4, 0.5) is 13.2 Å². The minimum atomic E-state index is -4.41. The van der Waals surface area contributed by atoms with Crippen LogP contribution in [0.2, 0.25) is 0 Å². The van der Waals surface area contributed by atoms with Crippen molar-refractivity contribution in [1.82, 2.24) is 19.9 Å². The summed E-state index contributed by atoms with van der Waals surface area (Å²) in [6.07, 6.45) is -1.95. The monoisotopic (exact) mass is 368 g/mol. The van der Waals surface area contributed by atoms with Crippen LogP contribution in [0.5, 0.6) is 0 Å². The van der Waals surface area contributed by atoms with Gasteiger partial charge in [0.15, 0.2) is 0 Å². The van der Waals surface area contributed by atoms with Crippen molar-refractivity contribution in [1.29, 1.82) is 0 Å². The first-order chi connectivity index (χ1) is 12.4. The van der Waals surface area contributed by atoms with E-state index in [1.807, 2.05) is 0 Å². The smallest absolute Gasteiger partial charge is 0.378 e. The largest absolute Gasteiger partial charge is 0.416 e. The molecule has 0 saturated carbocycles. The SMILES string of the molecule is COCc1cn(C2CCN(C(=O)Cc3cccc(C(F)(F)F)c3)C2)nn1. The van der Waals surface area contributed by atoms with Crippen LogP contribution >= 0.6 is 0 Å². The van der Waals surface area contributed by atoms with Crippen LogP contribution in [0.15, 0.2) is 30.5 Å². The number of hydrogen-bond donors (Lipinski definition) is 0. The van der Waals surface area contributed by atoms with Gasteiger partial charge in [0, 0.05) is 20.2 Å². The zero-order chi connectivity index (χ0) is 18.7. The van der Waals surface area contributed by atoms with Gasteiger partial charge in [-0.25, -0.2) is 4.68 Å². The fourth-order valence-corrected chi connectivity index (χ4v) is 3.03. The second-order valence-electron chi connectivity index (χ2n) is 6.28. The van der Waals surface area contributed by atoms with Gasteiger partial charge in [0.25, 0.3) is 0 Å². The first-order valence-corrected chi connectivity index (χ1v) is 8.20. The topological polar surface area (TPSA) is 60.2 Å². The van der Waals surface area contributed by atoms with E-state index in [1.54, 1.807) is 22.9 Å². The third kappa shape index (κ3) is 4.21. The predicted molar refractivity (Wildman–Crippen MR) is 86.1 cm³/mol. The van der Waals surface area contributed by atoms with Crippen LogP contribution in [-0.2, 0) is 28.7 Å². The Morgan fingerprint density at radius 3 is 2.92 bits per heavy atom. The lowest BCUT2D eigenvalue weighted by molar-refractivity contribution is -0.138. The van der Waals surface area contributed by atoms with Gasteiger partial charge in [-0.15, -0.1) is 5.10 Å². The van der Waals surface area contributed by atoms with Gasteiger partial charge in [0.05, 0.1) is 30.8 Å². The summed E-state index contributed by atoms with van der Waals surface area (Å²) in [5.41, 5.74) is 0.327. The number of halogens is 3. The Morgan fingerprint density at radius 2 is 2.19 bits per heavy atom. The van der Waals surface area contributed by atoms with Gasteiger partial charge in [-0.05, 0) is 18.1 Å². The van der Waals surface area contributed by atoms with Gasteiger partial charge in [0.1, 0.15) is 5.69 Å². The van der Waals surface area contributed by atoms with Crippen molar-refractivity contribution in [3.8, 4) is 0 Å². The molecule has 140 valence electrons. The second-order valence-corrected chi connectivity index (χ2v) is 6.28. The molecule has 2 heterocycles. The van der Waals surface area contributed by atoms with Gasteiger partial charge in [0.2, 0.25) is 5.91 Å². The van der Waals surface area contributed by atoms with E-state index in [-0.39, 0.29) is 18.4 Å². The summed E-state index contributed by atoms with van der Waals surface area (Å²) >= 11 is 0. The molecule has 0 spiro atoms. The van der Waals surface area contributed by atoms with E-state index in [0.29, 0.717) is 31.0 Å². The number of carbonyl (C=O) groups is 1. The number of methoxy groups -OCH3 is 1. The molecule has 1 aromatic carbocycles. The number of alkyl halides is 3. The third-order valence-corrected chi connectivity index (χ3v) is 4.35. The molecule has 0 radical (unpaired) electrons. The highest BCUT2D eigenvalue weighted by Gasteiger charge is 2.31. The number of rotatable bonds is 5. The molecule has 1 aliphatic heterocycles. The number of benzene rings is 1. The summed E-state index contributed by atoms with van der Waals surface area (Å²) in [4.78, 5) is 14.1. The van der Waals surface area contributed by atoms with Crippen LogP contribution in [-0.4, -0.2) is 46.0 Å². The second kappa shape index (κ2) is 7.45. The number of aromatic nitrogens is 3. The highest BCUT2D eigenvalue weighted by atomic mass is 19.4. The Balaban J connectivity index is 1.61. The van der Waals surface area contributed by atoms with E-state index in [0.717, 1.165) is 18.6 Å². The minimum absolute atomic E-state index is 0.0126. The van der Waals surface area contributed by atoms with Gasteiger partial charge in [-0.2, -0.15) is 13.2 Å².